The Balaban J connectivity index is 1.79. The largest absolute Gasteiger partial charge is 0.493 e. The molecule has 1 heterocycles. The Morgan fingerprint density at radius 1 is 1.32 bits per heavy atom. The lowest BCUT2D eigenvalue weighted by Crippen LogP contribution is -2.32. The highest BCUT2D eigenvalue weighted by molar-refractivity contribution is 5.81. The maximum atomic E-state index is 12.0. The van der Waals surface area contributed by atoms with Gasteiger partial charge < -0.3 is 10.1 Å². The highest BCUT2D eigenvalue weighted by Crippen LogP contribution is 2.21. The highest BCUT2D eigenvalue weighted by atomic mass is 16.5. The van der Waals surface area contributed by atoms with Crippen molar-refractivity contribution in [2.75, 3.05) is 19.7 Å². The fraction of sp³-hybridized carbons (Fsp3) is 0.562. The van der Waals surface area contributed by atoms with Crippen molar-refractivity contribution >= 4 is 5.78 Å². The van der Waals surface area contributed by atoms with Gasteiger partial charge in [-0.3, -0.25) is 4.79 Å². The second-order valence-electron chi connectivity index (χ2n) is 5.29. The van der Waals surface area contributed by atoms with E-state index in [2.05, 4.69) is 25.2 Å². The predicted molar refractivity (Wildman–Crippen MR) is 76.6 cm³/mol. The molecule has 0 aromatic heterocycles. The molecule has 1 saturated heterocycles. The maximum Gasteiger partial charge on any atom is 0.139 e. The van der Waals surface area contributed by atoms with Crippen molar-refractivity contribution in [2.45, 2.75) is 33.1 Å². The molecule has 3 heteroatoms. The van der Waals surface area contributed by atoms with Crippen LogP contribution >= 0.6 is 0 Å². The summed E-state index contributed by atoms with van der Waals surface area (Å²) in [4.78, 5) is 12.0. The molecule has 0 bridgehead atoms. The lowest BCUT2D eigenvalue weighted by Gasteiger charge is -2.21. The van der Waals surface area contributed by atoms with Crippen LogP contribution in [0.5, 0.6) is 5.75 Å². The average molecular weight is 261 g/mol. The first kappa shape index (κ1) is 14.1. The second-order valence-corrected chi connectivity index (χ2v) is 5.29. The summed E-state index contributed by atoms with van der Waals surface area (Å²) in [5.41, 5.74) is 2.39. The fourth-order valence-electron chi connectivity index (χ4n) is 2.49. The van der Waals surface area contributed by atoms with Crippen LogP contribution in [0.4, 0.5) is 0 Å². The maximum absolute atomic E-state index is 12.0. The van der Waals surface area contributed by atoms with Crippen molar-refractivity contribution in [3.8, 4) is 5.75 Å². The smallest absolute Gasteiger partial charge is 0.139 e. The number of ether oxygens (including phenoxy) is 1. The molecule has 19 heavy (non-hydrogen) atoms. The van der Waals surface area contributed by atoms with E-state index in [9.17, 15) is 4.79 Å². The molecule has 2 rings (SSSR count). The zero-order chi connectivity index (χ0) is 13.7. The summed E-state index contributed by atoms with van der Waals surface area (Å²) >= 11 is 0. The molecule has 0 amide bonds. The summed E-state index contributed by atoms with van der Waals surface area (Å²) in [5.74, 6) is 1.49. The van der Waals surface area contributed by atoms with Gasteiger partial charge in [0.15, 0.2) is 0 Å². The Morgan fingerprint density at radius 2 is 2.05 bits per heavy atom. The van der Waals surface area contributed by atoms with E-state index in [1.807, 2.05) is 12.1 Å². The summed E-state index contributed by atoms with van der Waals surface area (Å²) in [6.45, 7) is 6.55. The van der Waals surface area contributed by atoms with Gasteiger partial charge in [-0.05, 0) is 57.0 Å². The summed E-state index contributed by atoms with van der Waals surface area (Å²) in [5, 5.41) is 3.28. The van der Waals surface area contributed by atoms with Gasteiger partial charge in [0.1, 0.15) is 11.5 Å². The SMILES string of the molecule is Cc1cccc(OCCC(=O)C2CCNCC2)c1C. The number of hydrogen-bond acceptors (Lipinski definition) is 3. The normalized spacial score (nSPS) is 16.3. The van der Waals surface area contributed by atoms with E-state index in [-0.39, 0.29) is 5.92 Å². The van der Waals surface area contributed by atoms with Crippen LogP contribution in [0, 0.1) is 19.8 Å². The minimum Gasteiger partial charge on any atom is -0.493 e. The number of Topliss-reactive ketones (excluding diaryl/α,β-unsaturated/α-hetero) is 1. The summed E-state index contributed by atoms with van der Waals surface area (Å²) < 4.78 is 5.74. The number of ketones is 1. The van der Waals surface area contributed by atoms with Gasteiger partial charge >= 0.3 is 0 Å². The van der Waals surface area contributed by atoms with Crippen LogP contribution < -0.4 is 10.1 Å². The van der Waals surface area contributed by atoms with E-state index >= 15 is 0 Å². The monoisotopic (exact) mass is 261 g/mol. The number of carbonyl (C=O) groups is 1. The van der Waals surface area contributed by atoms with Crippen molar-refractivity contribution in [1.29, 1.82) is 0 Å². The van der Waals surface area contributed by atoms with Gasteiger partial charge in [0.25, 0.3) is 0 Å². The van der Waals surface area contributed by atoms with E-state index < -0.39 is 0 Å². The van der Waals surface area contributed by atoms with Gasteiger partial charge in [0.05, 0.1) is 6.61 Å². The summed E-state index contributed by atoms with van der Waals surface area (Å²) in [6, 6.07) is 6.03. The lowest BCUT2D eigenvalue weighted by molar-refractivity contribution is -0.124. The van der Waals surface area contributed by atoms with E-state index in [0.29, 0.717) is 18.8 Å². The van der Waals surface area contributed by atoms with Crippen molar-refractivity contribution in [1.82, 2.24) is 5.32 Å². The van der Waals surface area contributed by atoms with Crippen LogP contribution in [-0.2, 0) is 4.79 Å². The first-order valence-corrected chi connectivity index (χ1v) is 7.11. The summed E-state index contributed by atoms with van der Waals surface area (Å²) in [7, 11) is 0. The Labute approximate surface area is 115 Å². The second kappa shape index (κ2) is 6.71. The molecule has 104 valence electrons. The highest BCUT2D eigenvalue weighted by Gasteiger charge is 2.20. The quantitative estimate of drug-likeness (QED) is 0.885. The predicted octanol–water partition coefficient (Wildman–Crippen LogP) is 2.64. The molecule has 1 aromatic carbocycles. The van der Waals surface area contributed by atoms with Gasteiger partial charge in [-0.2, -0.15) is 0 Å². The van der Waals surface area contributed by atoms with Crippen LogP contribution in [0.25, 0.3) is 0 Å². The van der Waals surface area contributed by atoms with Crippen molar-refractivity contribution in [3.63, 3.8) is 0 Å². The number of carbonyl (C=O) groups excluding carboxylic acids is 1. The van der Waals surface area contributed by atoms with Crippen LogP contribution in [0.2, 0.25) is 0 Å². The van der Waals surface area contributed by atoms with Crippen molar-refractivity contribution < 1.29 is 9.53 Å². The molecule has 3 nitrogen and oxygen atoms in total. The minimum absolute atomic E-state index is 0.239. The van der Waals surface area contributed by atoms with Crippen molar-refractivity contribution in [2.24, 2.45) is 5.92 Å². The number of benzene rings is 1. The third-order valence-corrected chi connectivity index (χ3v) is 3.96. The lowest BCUT2D eigenvalue weighted by atomic mass is 9.92. The molecule has 0 spiro atoms. The van der Waals surface area contributed by atoms with Gasteiger partial charge in [0, 0.05) is 12.3 Å². The number of aryl methyl sites for hydroxylation is 1. The zero-order valence-corrected chi connectivity index (χ0v) is 11.9. The topological polar surface area (TPSA) is 38.3 Å². The number of hydrogen-bond donors (Lipinski definition) is 1. The van der Waals surface area contributed by atoms with Crippen LogP contribution in [0.1, 0.15) is 30.4 Å². The van der Waals surface area contributed by atoms with Crippen LogP contribution in [0.3, 0.4) is 0 Å². The minimum atomic E-state index is 0.239. The van der Waals surface area contributed by atoms with E-state index in [4.69, 9.17) is 4.74 Å². The third kappa shape index (κ3) is 3.80. The molecule has 0 unspecified atom stereocenters. The molecule has 1 fully saturated rings. The Hall–Kier alpha value is -1.35. The molecular formula is C16H23NO2. The third-order valence-electron chi connectivity index (χ3n) is 3.96. The molecule has 1 N–H and O–H groups in total. The Bertz CT molecular complexity index is 436. The van der Waals surface area contributed by atoms with Crippen molar-refractivity contribution in [3.05, 3.63) is 29.3 Å². The first-order chi connectivity index (χ1) is 9.18. The molecule has 1 aliphatic rings. The van der Waals surface area contributed by atoms with Crippen LogP contribution in [0.15, 0.2) is 18.2 Å². The van der Waals surface area contributed by atoms with Gasteiger partial charge in [-0.1, -0.05) is 12.1 Å². The number of nitrogens with one attached hydrogen (secondary N) is 1. The molecular weight excluding hydrogens is 238 g/mol. The average Bonchev–Trinajstić information content (AvgIpc) is 2.44. The Kier molecular flexibility index (Phi) is 4.97. The molecule has 0 aliphatic carbocycles. The number of rotatable bonds is 5. The fourth-order valence-corrected chi connectivity index (χ4v) is 2.49. The molecule has 0 atom stereocenters. The van der Waals surface area contributed by atoms with E-state index in [0.717, 1.165) is 37.2 Å². The first-order valence-electron chi connectivity index (χ1n) is 7.11. The number of piperidine rings is 1. The van der Waals surface area contributed by atoms with Gasteiger partial charge in [-0.25, -0.2) is 0 Å². The molecule has 0 radical (unpaired) electrons. The molecule has 1 aromatic rings. The Morgan fingerprint density at radius 3 is 2.79 bits per heavy atom. The van der Waals surface area contributed by atoms with Crippen LogP contribution in [-0.4, -0.2) is 25.5 Å². The molecule has 1 aliphatic heterocycles. The van der Waals surface area contributed by atoms with Gasteiger partial charge in [0.2, 0.25) is 0 Å². The van der Waals surface area contributed by atoms with Gasteiger partial charge in [-0.15, -0.1) is 0 Å². The van der Waals surface area contributed by atoms with E-state index in [1.165, 1.54) is 5.56 Å². The zero-order valence-electron chi connectivity index (χ0n) is 11.9. The molecule has 0 saturated carbocycles. The summed E-state index contributed by atoms with van der Waals surface area (Å²) in [6.07, 6.45) is 2.47. The van der Waals surface area contributed by atoms with E-state index in [1.54, 1.807) is 0 Å². The standard InChI is InChI=1S/C16H23NO2/c1-12-4-3-5-16(13(12)2)19-11-8-15(18)14-6-9-17-10-7-14/h3-5,14,17H,6-11H2,1-2H3.